The van der Waals surface area contributed by atoms with Gasteiger partial charge in [0.1, 0.15) is 5.75 Å². The highest BCUT2D eigenvalue weighted by Crippen LogP contribution is 2.27. The van der Waals surface area contributed by atoms with Crippen molar-refractivity contribution in [3.63, 3.8) is 0 Å². The zero-order valence-electron chi connectivity index (χ0n) is 14.3. The highest BCUT2D eigenvalue weighted by Gasteiger charge is 2.14. The Morgan fingerprint density at radius 2 is 2.00 bits per heavy atom. The molecule has 0 aromatic carbocycles. The summed E-state index contributed by atoms with van der Waals surface area (Å²) < 4.78 is 20.4. The van der Waals surface area contributed by atoms with Crippen molar-refractivity contribution in [2.45, 2.75) is 6.92 Å². The van der Waals surface area contributed by atoms with Crippen molar-refractivity contribution < 1.29 is 23.7 Å². The number of hydrogen-bond donors (Lipinski definition) is 1. The molecule has 8 nitrogen and oxygen atoms in total. The summed E-state index contributed by atoms with van der Waals surface area (Å²) in [6, 6.07) is 4.51. The fraction of sp³-hybridized carbons (Fsp3) is 0.353. The van der Waals surface area contributed by atoms with E-state index >= 15 is 0 Å². The number of carbonyl (C=O) groups excluding carboxylic acids is 1. The van der Waals surface area contributed by atoms with Gasteiger partial charge in [0.25, 0.3) is 0 Å². The molecule has 134 valence electrons. The van der Waals surface area contributed by atoms with Gasteiger partial charge >= 0.3 is 5.97 Å². The van der Waals surface area contributed by atoms with Gasteiger partial charge in [0.05, 0.1) is 31.6 Å². The molecule has 8 heteroatoms. The molecular weight excluding hydrogens is 328 g/mol. The quantitative estimate of drug-likeness (QED) is 0.439. The van der Waals surface area contributed by atoms with Crippen molar-refractivity contribution in [3.8, 4) is 17.0 Å². The second-order valence-corrected chi connectivity index (χ2v) is 5.11. The van der Waals surface area contributed by atoms with Gasteiger partial charge in [-0.05, 0) is 19.1 Å². The van der Waals surface area contributed by atoms with Crippen LogP contribution in [0.3, 0.4) is 0 Å². The first-order valence-corrected chi connectivity index (χ1v) is 7.54. The fourth-order valence-electron chi connectivity index (χ4n) is 2.13. The molecule has 0 aliphatic rings. The lowest BCUT2D eigenvalue weighted by atomic mass is 10.1. The first-order chi connectivity index (χ1) is 12.0. The van der Waals surface area contributed by atoms with Crippen molar-refractivity contribution in [2.24, 2.45) is 0 Å². The maximum Gasteiger partial charge on any atom is 0.337 e. The van der Waals surface area contributed by atoms with Crippen LogP contribution in [0.15, 0.2) is 29.2 Å². The summed E-state index contributed by atoms with van der Waals surface area (Å²) in [6.45, 7) is 2.56. The van der Waals surface area contributed by atoms with Gasteiger partial charge in [0, 0.05) is 30.6 Å². The third kappa shape index (κ3) is 5.13. The Hall–Kier alpha value is -2.71. The number of H-pyrrole nitrogens is 1. The van der Waals surface area contributed by atoms with Crippen LogP contribution in [0.2, 0.25) is 0 Å². The standard InChI is InChI=1S/C17H20N2O6/c1-11-6-12(17(21)23-3)7-14(19-11)13-8-16(20)18-9-15(13)25-10-24-5-4-22-2/h6-9H,4-5,10H2,1-3H3,(H,18,20). The number of aromatic amines is 1. The summed E-state index contributed by atoms with van der Waals surface area (Å²) in [5.41, 5.74) is 1.52. The van der Waals surface area contributed by atoms with Crippen LogP contribution in [0.4, 0.5) is 0 Å². The third-order valence-electron chi connectivity index (χ3n) is 3.27. The average molecular weight is 348 g/mol. The zero-order valence-corrected chi connectivity index (χ0v) is 14.3. The molecule has 0 unspecified atom stereocenters. The minimum absolute atomic E-state index is 0.0158. The molecule has 2 heterocycles. The Labute approximate surface area is 144 Å². The number of esters is 1. The molecule has 1 N–H and O–H groups in total. The van der Waals surface area contributed by atoms with E-state index in [-0.39, 0.29) is 12.4 Å². The Balaban J connectivity index is 2.31. The average Bonchev–Trinajstić information content (AvgIpc) is 2.61. The predicted molar refractivity (Wildman–Crippen MR) is 89.7 cm³/mol. The lowest BCUT2D eigenvalue weighted by Crippen LogP contribution is -2.11. The van der Waals surface area contributed by atoms with Crippen LogP contribution >= 0.6 is 0 Å². The van der Waals surface area contributed by atoms with Crippen LogP contribution in [0.25, 0.3) is 11.3 Å². The monoisotopic (exact) mass is 348 g/mol. The lowest BCUT2D eigenvalue weighted by Gasteiger charge is -2.12. The molecule has 0 aliphatic heterocycles. The highest BCUT2D eigenvalue weighted by atomic mass is 16.7. The van der Waals surface area contributed by atoms with Gasteiger partial charge in [-0.15, -0.1) is 0 Å². The number of nitrogens with zero attached hydrogens (tertiary/aromatic N) is 1. The molecule has 0 atom stereocenters. The van der Waals surface area contributed by atoms with Crippen molar-refractivity contribution in [2.75, 3.05) is 34.2 Å². The molecule has 0 spiro atoms. The molecule has 0 saturated heterocycles. The first kappa shape index (κ1) is 18.6. The van der Waals surface area contributed by atoms with Gasteiger partial charge in [-0.2, -0.15) is 0 Å². The molecule has 0 bridgehead atoms. The maximum atomic E-state index is 11.8. The van der Waals surface area contributed by atoms with Gasteiger partial charge in [-0.25, -0.2) is 4.79 Å². The smallest absolute Gasteiger partial charge is 0.337 e. The second kappa shape index (κ2) is 8.95. The first-order valence-electron chi connectivity index (χ1n) is 7.54. The van der Waals surface area contributed by atoms with Crippen molar-refractivity contribution in [1.82, 2.24) is 9.97 Å². The number of rotatable bonds is 8. The van der Waals surface area contributed by atoms with E-state index in [9.17, 15) is 9.59 Å². The van der Waals surface area contributed by atoms with Crippen LogP contribution in [0, 0.1) is 6.92 Å². The molecule has 25 heavy (non-hydrogen) atoms. The Morgan fingerprint density at radius 3 is 2.72 bits per heavy atom. The minimum atomic E-state index is -0.484. The number of ether oxygens (including phenoxy) is 4. The third-order valence-corrected chi connectivity index (χ3v) is 3.27. The maximum absolute atomic E-state index is 11.8. The number of nitrogens with one attached hydrogen (secondary N) is 1. The summed E-state index contributed by atoms with van der Waals surface area (Å²) in [4.78, 5) is 30.4. The SMILES string of the molecule is COCCOCOc1c[nH]c(=O)cc1-c1cc(C(=O)OC)cc(C)n1. The van der Waals surface area contributed by atoms with Crippen molar-refractivity contribution in [3.05, 3.63) is 46.0 Å². The lowest BCUT2D eigenvalue weighted by molar-refractivity contribution is -0.00839. The molecule has 0 radical (unpaired) electrons. The number of aryl methyl sites for hydroxylation is 1. The number of pyridine rings is 2. The Kier molecular flexibility index (Phi) is 6.67. The van der Waals surface area contributed by atoms with E-state index in [0.29, 0.717) is 41.5 Å². The van der Waals surface area contributed by atoms with Crippen LogP contribution in [-0.2, 0) is 14.2 Å². The van der Waals surface area contributed by atoms with Gasteiger partial charge in [0.15, 0.2) is 6.79 Å². The summed E-state index contributed by atoms with van der Waals surface area (Å²) in [6.07, 6.45) is 1.43. The van der Waals surface area contributed by atoms with Crippen molar-refractivity contribution in [1.29, 1.82) is 0 Å². The normalized spacial score (nSPS) is 10.5. The van der Waals surface area contributed by atoms with Crippen LogP contribution in [0.5, 0.6) is 5.75 Å². The molecular formula is C17H20N2O6. The number of carbonyl (C=O) groups is 1. The largest absolute Gasteiger partial charge is 0.465 e. The van der Waals surface area contributed by atoms with Gasteiger partial charge in [-0.1, -0.05) is 0 Å². The van der Waals surface area contributed by atoms with Crippen LogP contribution < -0.4 is 10.3 Å². The van der Waals surface area contributed by atoms with E-state index in [1.807, 2.05) is 0 Å². The van der Waals surface area contributed by atoms with Crippen molar-refractivity contribution >= 4 is 5.97 Å². The minimum Gasteiger partial charge on any atom is -0.465 e. The molecule has 0 aliphatic carbocycles. The number of methoxy groups -OCH3 is 2. The van der Waals surface area contributed by atoms with Gasteiger partial charge in [0.2, 0.25) is 5.56 Å². The second-order valence-electron chi connectivity index (χ2n) is 5.11. The highest BCUT2D eigenvalue weighted by molar-refractivity contribution is 5.91. The van der Waals surface area contributed by atoms with Crippen LogP contribution in [-0.4, -0.2) is 50.2 Å². The van der Waals surface area contributed by atoms with E-state index in [4.69, 9.17) is 18.9 Å². The van der Waals surface area contributed by atoms with E-state index in [1.54, 1.807) is 26.2 Å². The zero-order chi connectivity index (χ0) is 18.2. The predicted octanol–water partition coefficient (Wildman–Crippen LogP) is 1.53. The van der Waals surface area contributed by atoms with E-state index in [1.165, 1.54) is 19.4 Å². The molecule has 2 rings (SSSR count). The summed E-state index contributed by atoms with van der Waals surface area (Å²) in [5.74, 6) is -0.104. The van der Waals surface area contributed by atoms with Crippen LogP contribution in [0.1, 0.15) is 16.1 Å². The van der Waals surface area contributed by atoms with E-state index in [2.05, 4.69) is 9.97 Å². The molecule has 0 saturated carbocycles. The fourth-order valence-corrected chi connectivity index (χ4v) is 2.13. The molecule has 0 amide bonds. The number of hydrogen-bond acceptors (Lipinski definition) is 7. The molecule has 2 aromatic heterocycles. The Bertz CT molecular complexity index is 787. The van der Waals surface area contributed by atoms with E-state index in [0.717, 1.165) is 0 Å². The topological polar surface area (TPSA) is 99.7 Å². The summed E-state index contributed by atoms with van der Waals surface area (Å²) in [7, 11) is 2.88. The van der Waals surface area contributed by atoms with Gasteiger partial charge in [-0.3, -0.25) is 9.78 Å². The van der Waals surface area contributed by atoms with E-state index < -0.39 is 5.97 Å². The number of aromatic nitrogens is 2. The summed E-state index contributed by atoms with van der Waals surface area (Å²) >= 11 is 0. The Morgan fingerprint density at radius 1 is 1.20 bits per heavy atom. The summed E-state index contributed by atoms with van der Waals surface area (Å²) in [5, 5.41) is 0. The van der Waals surface area contributed by atoms with Gasteiger partial charge < -0.3 is 23.9 Å². The molecule has 0 fully saturated rings. The molecule has 2 aromatic rings.